The molecule has 0 bridgehead atoms. The fourth-order valence-electron chi connectivity index (χ4n) is 2.59. The number of benzene rings is 1. The molecule has 0 amide bonds. The first-order chi connectivity index (χ1) is 8.31. The van der Waals surface area contributed by atoms with Gasteiger partial charge in [0.15, 0.2) is 0 Å². The summed E-state index contributed by atoms with van der Waals surface area (Å²) in [5, 5.41) is 0.792. The quantitative estimate of drug-likeness (QED) is 0.895. The normalized spacial score (nSPS) is 19.9. The van der Waals surface area contributed by atoms with Crippen molar-refractivity contribution in [1.82, 2.24) is 4.90 Å². The minimum atomic E-state index is 0.352. The van der Waals surface area contributed by atoms with E-state index in [1.807, 2.05) is 12.1 Å². The van der Waals surface area contributed by atoms with Gasteiger partial charge in [-0.15, -0.1) is 0 Å². The lowest BCUT2D eigenvalue weighted by atomic mass is 10.1. The van der Waals surface area contributed by atoms with Crippen LogP contribution in [0.4, 0.5) is 0 Å². The van der Waals surface area contributed by atoms with E-state index in [1.54, 1.807) is 0 Å². The number of rotatable bonds is 3. The van der Waals surface area contributed by atoms with E-state index in [9.17, 15) is 0 Å². The lowest BCUT2D eigenvalue weighted by Crippen LogP contribution is -2.34. The second-order valence-electron chi connectivity index (χ2n) is 4.75. The van der Waals surface area contributed by atoms with Crippen LogP contribution in [0.1, 0.15) is 37.3 Å². The zero-order valence-corrected chi connectivity index (χ0v) is 11.0. The molecule has 1 heterocycles. The van der Waals surface area contributed by atoms with Gasteiger partial charge in [0.2, 0.25) is 0 Å². The number of likely N-dealkylation sites (tertiary alicyclic amines) is 1. The van der Waals surface area contributed by atoms with Gasteiger partial charge in [0.05, 0.1) is 0 Å². The maximum Gasteiger partial charge on any atom is 0.0470 e. The van der Waals surface area contributed by atoms with Crippen LogP contribution in [0.15, 0.2) is 24.3 Å². The Balaban J connectivity index is 2.11. The molecular formula is C14H21ClN2. The summed E-state index contributed by atoms with van der Waals surface area (Å²) in [6.45, 7) is 3.02. The van der Waals surface area contributed by atoms with Crippen LogP contribution in [0.3, 0.4) is 0 Å². The molecule has 2 nitrogen and oxygen atoms in total. The highest BCUT2D eigenvalue weighted by molar-refractivity contribution is 6.30. The van der Waals surface area contributed by atoms with Gasteiger partial charge in [-0.05, 0) is 43.6 Å². The molecule has 1 atom stereocenters. The van der Waals surface area contributed by atoms with Crippen LogP contribution >= 0.6 is 11.6 Å². The van der Waals surface area contributed by atoms with Gasteiger partial charge >= 0.3 is 0 Å². The molecular weight excluding hydrogens is 232 g/mol. The molecule has 1 aromatic carbocycles. The molecule has 1 aliphatic heterocycles. The Morgan fingerprint density at radius 3 is 2.18 bits per heavy atom. The predicted octanol–water partition coefficient (Wildman–Crippen LogP) is 3.22. The molecule has 2 N–H and O–H groups in total. The van der Waals surface area contributed by atoms with Crippen LogP contribution in [-0.4, -0.2) is 24.5 Å². The SMILES string of the molecule is NC[C@@H](c1ccc(Cl)cc1)N1CCCCCC1. The highest BCUT2D eigenvalue weighted by atomic mass is 35.5. The molecule has 0 radical (unpaired) electrons. The van der Waals surface area contributed by atoms with Crippen molar-refractivity contribution in [3.05, 3.63) is 34.9 Å². The lowest BCUT2D eigenvalue weighted by molar-refractivity contribution is 0.210. The standard InChI is InChI=1S/C14H21ClN2/c15-13-7-5-12(6-8-13)14(11-16)17-9-3-1-2-4-10-17/h5-8,14H,1-4,9-11,16H2/t14-/m0/s1. The fraction of sp³-hybridized carbons (Fsp3) is 0.571. The van der Waals surface area contributed by atoms with E-state index in [0.717, 1.165) is 5.02 Å². The second-order valence-corrected chi connectivity index (χ2v) is 5.19. The molecule has 0 spiro atoms. The molecule has 1 aromatic rings. The van der Waals surface area contributed by atoms with Crippen molar-refractivity contribution in [3.63, 3.8) is 0 Å². The molecule has 3 heteroatoms. The summed E-state index contributed by atoms with van der Waals surface area (Å²) in [7, 11) is 0. The van der Waals surface area contributed by atoms with Gasteiger partial charge in [-0.1, -0.05) is 36.6 Å². The third-order valence-electron chi connectivity index (χ3n) is 3.56. The zero-order chi connectivity index (χ0) is 12.1. The fourth-order valence-corrected chi connectivity index (χ4v) is 2.71. The average Bonchev–Trinajstić information content (AvgIpc) is 2.62. The van der Waals surface area contributed by atoms with Crippen LogP contribution in [0.5, 0.6) is 0 Å². The van der Waals surface area contributed by atoms with Gasteiger partial charge in [-0.25, -0.2) is 0 Å². The Hall–Kier alpha value is -0.570. The van der Waals surface area contributed by atoms with E-state index < -0.39 is 0 Å². The minimum absolute atomic E-state index is 0.352. The first kappa shape index (κ1) is 12.9. The maximum atomic E-state index is 5.95. The first-order valence-corrected chi connectivity index (χ1v) is 6.88. The molecule has 1 fully saturated rings. The Labute approximate surface area is 109 Å². The number of nitrogens with zero attached hydrogens (tertiary/aromatic N) is 1. The number of nitrogens with two attached hydrogens (primary N) is 1. The summed E-state index contributed by atoms with van der Waals surface area (Å²) in [6, 6.07) is 8.47. The summed E-state index contributed by atoms with van der Waals surface area (Å²) in [4.78, 5) is 2.52. The molecule has 1 aliphatic rings. The van der Waals surface area contributed by atoms with Gasteiger partial charge in [0, 0.05) is 17.6 Å². The largest absolute Gasteiger partial charge is 0.329 e. The summed E-state index contributed by atoms with van der Waals surface area (Å²) in [6.07, 6.45) is 5.30. The van der Waals surface area contributed by atoms with Gasteiger partial charge in [-0.2, -0.15) is 0 Å². The van der Waals surface area contributed by atoms with E-state index in [4.69, 9.17) is 17.3 Å². The predicted molar refractivity (Wildman–Crippen MR) is 73.3 cm³/mol. The molecule has 0 aromatic heterocycles. The highest BCUT2D eigenvalue weighted by Gasteiger charge is 2.19. The van der Waals surface area contributed by atoms with E-state index in [1.165, 1.54) is 44.3 Å². The molecule has 1 saturated heterocycles. The van der Waals surface area contributed by atoms with E-state index in [0.29, 0.717) is 12.6 Å². The molecule has 0 unspecified atom stereocenters. The summed E-state index contributed by atoms with van der Waals surface area (Å²) in [5.41, 5.74) is 7.24. The van der Waals surface area contributed by atoms with Crippen LogP contribution in [-0.2, 0) is 0 Å². The smallest absolute Gasteiger partial charge is 0.0470 e. The lowest BCUT2D eigenvalue weighted by Gasteiger charge is -2.30. The number of hydrogen-bond donors (Lipinski definition) is 1. The first-order valence-electron chi connectivity index (χ1n) is 6.51. The Morgan fingerprint density at radius 2 is 1.65 bits per heavy atom. The topological polar surface area (TPSA) is 29.3 Å². The summed E-state index contributed by atoms with van der Waals surface area (Å²) >= 11 is 5.93. The summed E-state index contributed by atoms with van der Waals surface area (Å²) < 4.78 is 0. The highest BCUT2D eigenvalue weighted by Crippen LogP contribution is 2.24. The van der Waals surface area contributed by atoms with Gasteiger partial charge < -0.3 is 5.73 Å². The maximum absolute atomic E-state index is 5.95. The molecule has 17 heavy (non-hydrogen) atoms. The molecule has 0 aliphatic carbocycles. The molecule has 2 rings (SSSR count). The van der Waals surface area contributed by atoms with Gasteiger partial charge in [-0.3, -0.25) is 4.90 Å². The Bertz CT molecular complexity index is 329. The van der Waals surface area contributed by atoms with Crippen molar-refractivity contribution in [2.75, 3.05) is 19.6 Å². The third-order valence-corrected chi connectivity index (χ3v) is 3.81. The zero-order valence-electron chi connectivity index (χ0n) is 10.2. The van der Waals surface area contributed by atoms with E-state index in [2.05, 4.69) is 17.0 Å². The minimum Gasteiger partial charge on any atom is -0.329 e. The average molecular weight is 253 g/mol. The molecule has 94 valence electrons. The third kappa shape index (κ3) is 3.44. The van der Waals surface area contributed by atoms with Crippen LogP contribution in [0, 0.1) is 0 Å². The van der Waals surface area contributed by atoms with Crippen molar-refractivity contribution < 1.29 is 0 Å². The monoisotopic (exact) mass is 252 g/mol. The van der Waals surface area contributed by atoms with Crippen molar-refractivity contribution >= 4 is 11.6 Å². The van der Waals surface area contributed by atoms with Crippen LogP contribution in [0.25, 0.3) is 0 Å². The summed E-state index contributed by atoms with van der Waals surface area (Å²) in [5.74, 6) is 0. The molecule has 0 saturated carbocycles. The van der Waals surface area contributed by atoms with E-state index >= 15 is 0 Å². The van der Waals surface area contributed by atoms with Gasteiger partial charge in [0.25, 0.3) is 0 Å². The van der Waals surface area contributed by atoms with Crippen LogP contribution < -0.4 is 5.73 Å². The number of hydrogen-bond acceptors (Lipinski definition) is 2. The number of halogens is 1. The van der Waals surface area contributed by atoms with Crippen LogP contribution in [0.2, 0.25) is 5.02 Å². The van der Waals surface area contributed by atoms with E-state index in [-0.39, 0.29) is 0 Å². The Kier molecular flexibility index (Phi) is 4.84. The van der Waals surface area contributed by atoms with Gasteiger partial charge in [0.1, 0.15) is 0 Å². The van der Waals surface area contributed by atoms with Crippen molar-refractivity contribution in [1.29, 1.82) is 0 Å². The van der Waals surface area contributed by atoms with Crippen molar-refractivity contribution in [2.24, 2.45) is 5.73 Å². The second kappa shape index (κ2) is 6.39. The van der Waals surface area contributed by atoms with Crippen molar-refractivity contribution in [3.8, 4) is 0 Å². The Morgan fingerprint density at radius 1 is 1.06 bits per heavy atom. The van der Waals surface area contributed by atoms with Crippen molar-refractivity contribution in [2.45, 2.75) is 31.7 Å².